The first-order valence-electron chi connectivity index (χ1n) is 7.40. The van der Waals surface area contributed by atoms with Gasteiger partial charge in [-0.1, -0.05) is 18.2 Å². The number of halogens is 3. The molecule has 0 spiro atoms. The second-order valence-corrected chi connectivity index (χ2v) is 5.10. The van der Waals surface area contributed by atoms with Crippen LogP contribution in [0, 0.1) is 11.6 Å². The van der Waals surface area contributed by atoms with E-state index in [1.54, 1.807) is 0 Å². The summed E-state index contributed by atoms with van der Waals surface area (Å²) in [4.78, 5) is 0. The van der Waals surface area contributed by atoms with E-state index in [1.165, 1.54) is 6.07 Å². The minimum Gasteiger partial charge on any atom is -0.486 e. The number of benzene rings is 2. The quantitative estimate of drug-likeness (QED) is 0.806. The van der Waals surface area contributed by atoms with Gasteiger partial charge in [0, 0.05) is 13.1 Å². The van der Waals surface area contributed by atoms with Gasteiger partial charge in [-0.3, -0.25) is 0 Å². The highest BCUT2D eigenvalue weighted by Gasteiger charge is 2.19. The second kappa shape index (κ2) is 8.70. The van der Waals surface area contributed by atoms with E-state index in [4.69, 9.17) is 14.2 Å². The summed E-state index contributed by atoms with van der Waals surface area (Å²) in [5, 5.41) is 3.12. The number of fused-ring (bicyclic) bond motifs is 1. The van der Waals surface area contributed by atoms with Gasteiger partial charge in [0.15, 0.2) is 28.9 Å². The molecule has 2 aromatic carbocycles. The van der Waals surface area contributed by atoms with Gasteiger partial charge in [0.25, 0.3) is 0 Å². The molecular formula is C17H18ClF2NO3. The molecular weight excluding hydrogens is 340 g/mol. The molecule has 0 fully saturated rings. The van der Waals surface area contributed by atoms with E-state index in [0.29, 0.717) is 19.7 Å². The van der Waals surface area contributed by atoms with Gasteiger partial charge in [-0.15, -0.1) is 12.4 Å². The molecule has 0 amide bonds. The molecule has 0 aromatic heterocycles. The Labute approximate surface area is 145 Å². The van der Waals surface area contributed by atoms with Crippen LogP contribution >= 0.6 is 12.4 Å². The average Bonchev–Trinajstić information content (AvgIpc) is 2.57. The van der Waals surface area contributed by atoms with E-state index in [0.717, 1.165) is 23.6 Å². The Morgan fingerprint density at radius 3 is 2.50 bits per heavy atom. The van der Waals surface area contributed by atoms with Crippen LogP contribution in [0.3, 0.4) is 0 Å². The Kier molecular flexibility index (Phi) is 6.63. The molecule has 0 saturated heterocycles. The van der Waals surface area contributed by atoms with Crippen molar-refractivity contribution in [2.75, 3.05) is 26.3 Å². The summed E-state index contributed by atoms with van der Waals surface area (Å²) in [6.07, 6.45) is -0.116. The fraction of sp³-hybridized carbons (Fsp3) is 0.294. The van der Waals surface area contributed by atoms with E-state index in [2.05, 4.69) is 5.32 Å². The first-order valence-corrected chi connectivity index (χ1v) is 7.40. The van der Waals surface area contributed by atoms with Gasteiger partial charge in [-0.25, -0.2) is 8.78 Å². The van der Waals surface area contributed by atoms with Crippen molar-refractivity contribution in [2.24, 2.45) is 0 Å². The fourth-order valence-electron chi connectivity index (χ4n) is 2.27. The van der Waals surface area contributed by atoms with Crippen LogP contribution in [0.15, 0.2) is 42.5 Å². The second-order valence-electron chi connectivity index (χ2n) is 5.10. The Hall–Kier alpha value is -2.05. The smallest absolute Gasteiger partial charge is 0.190 e. The molecule has 7 heteroatoms. The lowest BCUT2D eigenvalue weighted by atomic mass is 10.2. The van der Waals surface area contributed by atoms with E-state index >= 15 is 0 Å². The largest absolute Gasteiger partial charge is 0.486 e. The highest BCUT2D eigenvalue weighted by atomic mass is 35.5. The minimum absolute atomic E-state index is 0. The van der Waals surface area contributed by atoms with E-state index in [1.807, 2.05) is 24.3 Å². The topological polar surface area (TPSA) is 39.7 Å². The zero-order chi connectivity index (χ0) is 16.1. The summed E-state index contributed by atoms with van der Waals surface area (Å²) in [5.74, 6) is -0.297. The summed E-state index contributed by atoms with van der Waals surface area (Å²) in [5.41, 5.74) is 0. The Balaban J connectivity index is 0.00000208. The molecule has 0 unspecified atom stereocenters. The van der Waals surface area contributed by atoms with E-state index in [-0.39, 0.29) is 30.9 Å². The molecule has 4 nitrogen and oxygen atoms in total. The average molecular weight is 358 g/mol. The molecule has 2 aromatic rings. The molecule has 0 radical (unpaired) electrons. The Morgan fingerprint density at radius 2 is 1.75 bits per heavy atom. The van der Waals surface area contributed by atoms with E-state index in [9.17, 15) is 8.78 Å². The molecule has 1 N–H and O–H groups in total. The molecule has 3 rings (SSSR count). The Morgan fingerprint density at radius 1 is 1.04 bits per heavy atom. The lowest BCUT2D eigenvalue weighted by Gasteiger charge is -2.26. The van der Waals surface area contributed by atoms with Gasteiger partial charge < -0.3 is 19.5 Å². The zero-order valence-electron chi connectivity index (χ0n) is 12.8. The number of ether oxygens (including phenoxy) is 3. The maximum atomic E-state index is 13.4. The van der Waals surface area contributed by atoms with Gasteiger partial charge in [0.2, 0.25) is 0 Å². The molecule has 0 aliphatic carbocycles. The van der Waals surface area contributed by atoms with Gasteiger partial charge in [0.05, 0.1) is 0 Å². The van der Waals surface area contributed by atoms with Crippen molar-refractivity contribution in [3.63, 3.8) is 0 Å². The highest BCUT2D eigenvalue weighted by molar-refractivity contribution is 5.85. The van der Waals surface area contributed by atoms with Crippen molar-refractivity contribution in [1.29, 1.82) is 0 Å². The summed E-state index contributed by atoms with van der Waals surface area (Å²) >= 11 is 0. The lowest BCUT2D eigenvalue weighted by molar-refractivity contribution is 0.0896. The number of para-hydroxylation sites is 3. The molecule has 0 bridgehead atoms. The van der Waals surface area contributed by atoms with Crippen molar-refractivity contribution in [3.05, 3.63) is 54.1 Å². The summed E-state index contributed by atoms with van der Waals surface area (Å²) in [7, 11) is 0. The van der Waals surface area contributed by atoms with Crippen LogP contribution in [-0.4, -0.2) is 32.4 Å². The number of rotatable bonds is 6. The molecule has 1 aliphatic rings. The molecule has 130 valence electrons. The third-order valence-corrected chi connectivity index (χ3v) is 3.38. The summed E-state index contributed by atoms with van der Waals surface area (Å²) < 4.78 is 43.3. The third kappa shape index (κ3) is 4.49. The molecule has 1 heterocycles. The standard InChI is InChI=1S/C17H17F2NO3.ClH/c18-13-4-3-5-14(19)17(13)21-9-8-20-10-12-11-22-15-6-1-2-7-16(15)23-12;/h1-7,12,20H,8-11H2;1H/t12-;/m0./s1. The first kappa shape index (κ1) is 18.3. The number of hydrogen-bond acceptors (Lipinski definition) is 4. The van der Waals surface area contributed by atoms with Crippen molar-refractivity contribution >= 4 is 12.4 Å². The maximum absolute atomic E-state index is 13.4. The normalized spacial score (nSPS) is 15.5. The highest BCUT2D eigenvalue weighted by Crippen LogP contribution is 2.30. The van der Waals surface area contributed by atoms with Crippen LogP contribution in [0.25, 0.3) is 0 Å². The van der Waals surface area contributed by atoms with Gasteiger partial charge in [0.1, 0.15) is 19.3 Å². The summed E-state index contributed by atoms with van der Waals surface area (Å²) in [6.45, 7) is 1.60. The predicted octanol–water partition coefficient (Wildman–Crippen LogP) is 3.20. The minimum atomic E-state index is -0.703. The SMILES string of the molecule is Cl.Fc1cccc(F)c1OCCNC[C@H]1COc2ccccc2O1. The van der Waals surface area contributed by atoms with Crippen molar-refractivity contribution in [1.82, 2.24) is 5.32 Å². The van der Waals surface area contributed by atoms with Crippen LogP contribution < -0.4 is 19.5 Å². The van der Waals surface area contributed by atoms with Gasteiger partial charge in [-0.05, 0) is 24.3 Å². The Bertz CT molecular complexity index is 652. The lowest BCUT2D eigenvalue weighted by Crippen LogP contribution is -2.39. The van der Waals surface area contributed by atoms with Crippen LogP contribution in [0.5, 0.6) is 17.2 Å². The van der Waals surface area contributed by atoms with Crippen molar-refractivity contribution in [2.45, 2.75) is 6.10 Å². The molecule has 1 aliphatic heterocycles. The molecule has 24 heavy (non-hydrogen) atoms. The molecule has 1 atom stereocenters. The number of nitrogens with one attached hydrogen (secondary N) is 1. The monoisotopic (exact) mass is 357 g/mol. The van der Waals surface area contributed by atoms with Crippen molar-refractivity contribution < 1.29 is 23.0 Å². The van der Waals surface area contributed by atoms with E-state index < -0.39 is 11.6 Å². The van der Waals surface area contributed by atoms with Crippen molar-refractivity contribution in [3.8, 4) is 17.2 Å². The van der Waals surface area contributed by atoms with Crippen LogP contribution in [0.2, 0.25) is 0 Å². The van der Waals surface area contributed by atoms with Gasteiger partial charge >= 0.3 is 0 Å². The van der Waals surface area contributed by atoms with Crippen LogP contribution in [0.4, 0.5) is 8.78 Å². The zero-order valence-corrected chi connectivity index (χ0v) is 13.7. The fourth-order valence-corrected chi connectivity index (χ4v) is 2.27. The summed E-state index contributed by atoms with van der Waals surface area (Å²) in [6, 6.07) is 11.1. The van der Waals surface area contributed by atoms with Crippen LogP contribution in [0.1, 0.15) is 0 Å². The van der Waals surface area contributed by atoms with Gasteiger partial charge in [-0.2, -0.15) is 0 Å². The molecule has 0 saturated carbocycles. The first-order chi connectivity index (χ1) is 11.2. The predicted molar refractivity (Wildman–Crippen MR) is 88.3 cm³/mol. The maximum Gasteiger partial charge on any atom is 0.190 e. The number of hydrogen-bond donors (Lipinski definition) is 1. The van der Waals surface area contributed by atoms with Crippen LogP contribution in [-0.2, 0) is 0 Å². The third-order valence-electron chi connectivity index (χ3n) is 3.38.